The lowest BCUT2D eigenvalue weighted by molar-refractivity contribution is -0.255. The molecular formula is C23H15FNO3-. The quantitative estimate of drug-likeness (QED) is 0.487. The van der Waals surface area contributed by atoms with Gasteiger partial charge in [0.2, 0.25) is 0 Å². The minimum atomic E-state index is -1.26. The number of aromatic carboxylic acids is 1. The molecule has 0 saturated heterocycles. The van der Waals surface area contributed by atoms with Crippen molar-refractivity contribution in [3.05, 3.63) is 101 Å². The van der Waals surface area contributed by atoms with E-state index in [0.29, 0.717) is 16.9 Å². The Kier molecular flexibility index (Phi) is 5.83. The van der Waals surface area contributed by atoms with Crippen LogP contribution in [0.15, 0.2) is 72.8 Å². The number of hydrogen-bond donors (Lipinski definition) is 0. The van der Waals surface area contributed by atoms with Gasteiger partial charge in [0.15, 0.2) is 0 Å². The van der Waals surface area contributed by atoms with Crippen LogP contribution < -0.4 is 9.84 Å². The van der Waals surface area contributed by atoms with Gasteiger partial charge in [-0.3, -0.25) is 0 Å². The number of carboxylic acids is 1. The number of carbonyl (C=O) groups is 1. The van der Waals surface area contributed by atoms with Gasteiger partial charge < -0.3 is 14.6 Å². The third-order valence-electron chi connectivity index (χ3n) is 4.04. The van der Waals surface area contributed by atoms with E-state index < -0.39 is 5.97 Å². The van der Waals surface area contributed by atoms with Gasteiger partial charge in [0.25, 0.3) is 0 Å². The van der Waals surface area contributed by atoms with Crippen molar-refractivity contribution in [2.45, 2.75) is 6.61 Å². The van der Waals surface area contributed by atoms with Crippen molar-refractivity contribution < 1.29 is 19.0 Å². The van der Waals surface area contributed by atoms with E-state index in [1.165, 1.54) is 24.3 Å². The standard InChI is InChI=1S/C23H16FNO3/c24-21-3-1-2-17(13-21)15-28-22-10-4-16(5-11-22)12-20(14-25)18-6-8-19(9-7-18)23(26)27/h1-13H,15H2,(H,26,27)/p-1/b20-12-. The third kappa shape index (κ3) is 4.83. The smallest absolute Gasteiger partial charge is 0.123 e. The van der Waals surface area contributed by atoms with Crippen LogP contribution in [0.25, 0.3) is 11.6 Å². The first-order valence-electron chi connectivity index (χ1n) is 8.46. The molecule has 0 fully saturated rings. The Morgan fingerprint density at radius 1 is 1.04 bits per heavy atom. The Balaban J connectivity index is 1.71. The van der Waals surface area contributed by atoms with Gasteiger partial charge in [-0.15, -0.1) is 0 Å². The summed E-state index contributed by atoms with van der Waals surface area (Å²) >= 11 is 0. The molecule has 0 aromatic heterocycles. The van der Waals surface area contributed by atoms with Crippen LogP contribution in [0.1, 0.15) is 27.0 Å². The fraction of sp³-hybridized carbons (Fsp3) is 0.0435. The average Bonchev–Trinajstić information content (AvgIpc) is 2.71. The highest BCUT2D eigenvalue weighted by molar-refractivity contribution is 5.91. The van der Waals surface area contributed by atoms with E-state index in [-0.39, 0.29) is 18.0 Å². The highest BCUT2D eigenvalue weighted by atomic mass is 19.1. The summed E-state index contributed by atoms with van der Waals surface area (Å²) in [5.74, 6) is -0.945. The fourth-order valence-electron chi connectivity index (χ4n) is 2.59. The number of carboxylic acid groups (broad SMARTS) is 1. The second kappa shape index (κ2) is 8.65. The first-order valence-corrected chi connectivity index (χ1v) is 8.46. The SMILES string of the molecule is N#C/C(=C/c1ccc(OCc2cccc(F)c2)cc1)c1ccc(C(=O)[O-])cc1. The molecule has 3 aromatic carbocycles. The first kappa shape index (κ1) is 18.9. The van der Waals surface area contributed by atoms with Gasteiger partial charge in [-0.05, 0) is 52.6 Å². The lowest BCUT2D eigenvalue weighted by Crippen LogP contribution is -2.21. The number of ether oxygens (including phenoxy) is 1. The minimum absolute atomic E-state index is 0.0563. The molecule has 3 aromatic rings. The van der Waals surface area contributed by atoms with Crippen LogP contribution in [-0.2, 0) is 6.61 Å². The van der Waals surface area contributed by atoms with Gasteiger partial charge in [0.05, 0.1) is 17.6 Å². The lowest BCUT2D eigenvalue weighted by Gasteiger charge is -2.07. The van der Waals surface area contributed by atoms with Crippen LogP contribution in [0, 0.1) is 17.1 Å². The highest BCUT2D eigenvalue weighted by Crippen LogP contribution is 2.21. The molecule has 0 N–H and O–H groups in total. The van der Waals surface area contributed by atoms with Gasteiger partial charge in [0.1, 0.15) is 18.2 Å². The average molecular weight is 372 g/mol. The van der Waals surface area contributed by atoms with Crippen LogP contribution in [0.2, 0.25) is 0 Å². The largest absolute Gasteiger partial charge is 0.545 e. The fourth-order valence-corrected chi connectivity index (χ4v) is 2.59. The topological polar surface area (TPSA) is 73.1 Å². The van der Waals surface area contributed by atoms with E-state index in [0.717, 1.165) is 11.1 Å². The van der Waals surface area contributed by atoms with Crippen molar-refractivity contribution in [1.29, 1.82) is 5.26 Å². The van der Waals surface area contributed by atoms with Crippen LogP contribution in [-0.4, -0.2) is 5.97 Å². The summed E-state index contributed by atoms with van der Waals surface area (Å²) in [6.07, 6.45) is 1.70. The lowest BCUT2D eigenvalue weighted by atomic mass is 10.0. The van der Waals surface area contributed by atoms with Gasteiger partial charge in [-0.1, -0.05) is 48.5 Å². The first-order chi connectivity index (χ1) is 13.5. The van der Waals surface area contributed by atoms with Gasteiger partial charge in [0, 0.05) is 0 Å². The van der Waals surface area contributed by atoms with Crippen molar-refractivity contribution in [2.24, 2.45) is 0 Å². The monoisotopic (exact) mass is 372 g/mol. The minimum Gasteiger partial charge on any atom is -0.545 e. The number of halogens is 1. The summed E-state index contributed by atoms with van der Waals surface area (Å²) in [5, 5.41) is 20.2. The number of nitrogens with zero attached hydrogens (tertiary/aromatic N) is 1. The number of nitriles is 1. The molecule has 0 saturated carbocycles. The number of allylic oxidation sites excluding steroid dienone is 1. The number of hydrogen-bond acceptors (Lipinski definition) is 4. The van der Waals surface area contributed by atoms with Gasteiger partial charge in [-0.2, -0.15) is 5.26 Å². The summed E-state index contributed by atoms with van der Waals surface area (Å²) in [4.78, 5) is 10.8. The Bertz CT molecular complexity index is 1050. The van der Waals surface area contributed by atoms with Crippen molar-refractivity contribution >= 4 is 17.6 Å². The molecule has 4 nitrogen and oxygen atoms in total. The maximum atomic E-state index is 13.2. The maximum absolute atomic E-state index is 13.2. The van der Waals surface area contributed by atoms with Crippen LogP contribution in [0.4, 0.5) is 4.39 Å². The Morgan fingerprint density at radius 3 is 2.32 bits per heavy atom. The third-order valence-corrected chi connectivity index (χ3v) is 4.04. The zero-order valence-electron chi connectivity index (χ0n) is 14.8. The normalized spacial score (nSPS) is 10.9. The molecule has 0 spiro atoms. The summed E-state index contributed by atoms with van der Waals surface area (Å²) < 4.78 is 18.8. The molecule has 0 atom stereocenters. The Labute approximate surface area is 161 Å². The molecule has 0 aliphatic rings. The van der Waals surface area contributed by atoms with Gasteiger partial charge in [-0.25, -0.2) is 4.39 Å². The predicted molar refractivity (Wildman–Crippen MR) is 101 cm³/mol. The molecular weight excluding hydrogens is 357 g/mol. The Morgan fingerprint density at radius 2 is 1.71 bits per heavy atom. The van der Waals surface area contributed by atoms with Crippen molar-refractivity contribution in [3.63, 3.8) is 0 Å². The molecule has 0 bridgehead atoms. The maximum Gasteiger partial charge on any atom is 0.123 e. The highest BCUT2D eigenvalue weighted by Gasteiger charge is 2.03. The van der Waals surface area contributed by atoms with E-state index in [9.17, 15) is 19.6 Å². The molecule has 3 rings (SSSR count). The second-order valence-electron chi connectivity index (χ2n) is 6.02. The Hall–Kier alpha value is -3.91. The zero-order chi connectivity index (χ0) is 19.9. The van der Waals surface area contributed by atoms with E-state index in [1.54, 1.807) is 54.6 Å². The summed E-state index contributed by atoms with van der Waals surface area (Å²) in [5.41, 5.74) is 2.59. The van der Waals surface area contributed by atoms with Crippen LogP contribution in [0.3, 0.4) is 0 Å². The van der Waals surface area contributed by atoms with E-state index in [1.807, 2.05) is 0 Å². The molecule has 0 unspecified atom stereocenters. The molecule has 0 amide bonds. The van der Waals surface area contributed by atoms with E-state index in [2.05, 4.69) is 6.07 Å². The van der Waals surface area contributed by atoms with E-state index in [4.69, 9.17) is 4.74 Å². The number of benzene rings is 3. The molecule has 5 heteroatoms. The zero-order valence-corrected chi connectivity index (χ0v) is 14.8. The molecule has 138 valence electrons. The van der Waals surface area contributed by atoms with Crippen molar-refractivity contribution in [2.75, 3.05) is 0 Å². The molecule has 0 radical (unpaired) electrons. The summed E-state index contributed by atoms with van der Waals surface area (Å²) in [6.45, 7) is 0.251. The second-order valence-corrected chi connectivity index (χ2v) is 6.02. The van der Waals surface area contributed by atoms with E-state index >= 15 is 0 Å². The molecule has 0 aliphatic heterocycles. The number of carbonyl (C=O) groups excluding carboxylic acids is 1. The molecule has 0 aliphatic carbocycles. The van der Waals surface area contributed by atoms with Crippen LogP contribution in [0.5, 0.6) is 5.75 Å². The summed E-state index contributed by atoms with van der Waals surface area (Å²) in [6, 6.07) is 21.4. The molecule has 0 heterocycles. The van der Waals surface area contributed by atoms with Gasteiger partial charge >= 0.3 is 0 Å². The van der Waals surface area contributed by atoms with Crippen molar-refractivity contribution in [3.8, 4) is 11.8 Å². The number of rotatable bonds is 6. The van der Waals surface area contributed by atoms with Crippen molar-refractivity contribution in [1.82, 2.24) is 0 Å². The van der Waals surface area contributed by atoms with Crippen LogP contribution >= 0.6 is 0 Å². The summed E-state index contributed by atoms with van der Waals surface area (Å²) in [7, 11) is 0. The predicted octanol–water partition coefficient (Wildman–Crippen LogP) is 3.83. The molecule has 28 heavy (non-hydrogen) atoms.